The highest BCUT2D eigenvalue weighted by molar-refractivity contribution is 6.64. The molecular weight excluding hydrogens is 276 g/mol. The van der Waals surface area contributed by atoms with Gasteiger partial charge in [0.2, 0.25) is 0 Å². The van der Waals surface area contributed by atoms with Gasteiger partial charge >= 0.3 is 8.56 Å². The molecule has 0 amide bonds. The van der Waals surface area contributed by atoms with Crippen molar-refractivity contribution >= 4 is 8.56 Å². The van der Waals surface area contributed by atoms with E-state index in [0.29, 0.717) is 6.61 Å². The smallest absolute Gasteiger partial charge is 0.331 e. The molecule has 0 spiro atoms. The van der Waals surface area contributed by atoms with Gasteiger partial charge in [0.05, 0.1) is 6.61 Å². The molecule has 0 saturated heterocycles. The Morgan fingerprint density at radius 3 is 2.29 bits per heavy atom. The van der Waals surface area contributed by atoms with Crippen LogP contribution in [0.1, 0.15) is 66.2 Å². The first kappa shape index (κ1) is 20.6. The van der Waals surface area contributed by atoms with Crippen molar-refractivity contribution in [3.63, 3.8) is 0 Å². The Hall–Kier alpha value is -0.383. The Morgan fingerprint density at radius 1 is 0.952 bits per heavy atom. The molecule has 3 heteroatoms. The van der Waals surface area contributed by atoms with Crippen LogP contribution in [0.15, 0.2) is 23.3 Å². The SMILES string of the molecule is CCCCCCO[Si](C)(C)OC/C=C(\C)CCC=C(C)C. The van der Waals surface area contributed by atoms with Gasteiger partial charge in [0.25, 0.3) is 0 Å². The zero-order valence-electron chi connectivity index (χ0n) is 15.1. The molecule has 0 atom stereocenters. The Kier molecular flexibility index (Phi) is 12.0. The van der Waals surface area contributed by atoms with E-state index < -0.39 is 8.56 Å². The van der Waals surface area contributed by atoms with E-state index in [2.05, 4.69) is 52.9 Å². The summed E-state index contributed by atoms with van der Waals surface area (Å²) in [5.41, 5.74) is 2.80. The molecule has 21 heavy (non-hydrogen) atoms. The van der Waals surface area contributed by atoms with Gasteiger partial charge in [-0.2, -0.15) is 0 Å². The molecule has 0 aliphatic heterocycles. The summed E-state index contributed by atoms with van der Waals surface area (Å²) in [5.74, 6) is 0. The first-order chi connectivity index (χ1) is 9.87. The number of rotatable bonds is 12. The Bertz CT molecular complexity index is 315. The van der Waals surface area contributed by atoms with Crippen LogP contribution in [0.2, 0.25) is 13.1 Å². The quantitative estimate of drug-likeness (QED) is 0.250. The van der Waals surface area contributed by atoms with E-state index in [4.69, 9.17) is 8.85 Å². The maximum Gasteiger partial charge on any atom is 0.331 e. The summed E-state index contributed by atoms with van der Waals surface area (Å²) < 4.78 is 11.9. The first-order valence-electron chi connectivity index (χ1n) is 8.44. The number of hydrogen-bond acceptors (Lipinski definition) is 2. The largest absolute Gasteiger partial charge is 0.395 e. The van der Waals surface area contributed by atoms with Crippen molar-refractivity contribution in [2.75, 3.05) is 13.2 Å². The van der Waals surface area contributed by atoms with Crippen LogP contribution in [-0.4, -0.2) is 21.8 Å². The van der Waals surface area contributed by atoms with E-state index in [0.717, 1.165) is 25.9 Å². The van der Waals surface area contributed by atoms with Crippen LogP contribution < -0.4 is 0 Å². The zero-order chi connectivity index (χ0) is 16.1. The first-order valence-corrected chi connectivity index (χ1v) is 11.3. The fraction of sp³-hybridized carbons (Fsp3) is 0.778. The summed E-state index contributed by atoms with van der Waals surface area (Å²) in [5, 5.41) is 0. The normalized spacial score (nSPS) is 12.6. The zero-order valence-corrected chi connectivity index (χ0v) is 16.1. The van der Waals surface area contributed by atoms with Crippen LogP contribution in [0.3, 0.4) is 0 Å². The van der Waals surface area contributed by atoms with Gasteiger partial charge in [-0.25, -0.2) is 0 Å². The molecule has 0 radical (unpaired) electrons. The maximum atomic E-state index is 5.96. The fourth-order valence-corrected chi connectivity index (χ4v) is 3.17. The summed E-state index contributed by atoms with van der Waals surface area (Å²) in [4.78, 5) is 0. The summed E-state index contributed by atoms with van der Waals surface area (Å²) in [7, 11) is -1.94. The molecule has 0 aromatic carbocycles. The average Bonchev–Trinajstić information content (AvgIpc) is 2.37. The maximum absolute atomic E-state index is 5.96. The lowest BCUT2D eigenvalue weighted by molar-refractivity contribution is 0.190. The molecule has 0 fully saturated rings. The van der Waals surface area contributed by atoms with Crippen LogP contribution in [-0.2, 0) is 8.85 Å². The molecule has 0 bridgehead atoms. The van der Waals surface area contributed by atoms with Crippen molar-refractivity contribution in [2.45, 2.75) is 79.3 Å². The predicted octanol–water partition coefficient (Wildman–Crippen LogP) is 5.99. The van der Waals surface area contributed by atoms with E-state index in [1.165, 1.54) is 30.4 Å². The van der Waals surface area contributed by atoms with Gasteiger partial charge in [-0.15, -0.1) is 0 Å². The molecule has 0 aromatic heterocycles. The highest BCUT2D eigenvalue weighted by Gasteiger charge is 2.23. The highest BCUT2D eigenvalue weighted by atomic mass is 28.4. The van der Waals surface area contributed by atoms with E-state index in [1.54, 1.807) is 0 Å². The minimum Gasteiger partial charge on any atom is -0.395 e. The summed E-state index contributed by atoms with van der Waals surface area (Å²) in [6.45, 7) is 14.5. The van der Waals surface area contributed by atoms with Crippen LogP contribution >= 0.6 is 0 Å². The number of hydrogen-bond donors (Lipinski definition) is 0. The minimum atomic E-state index is -1.94. The lowest BCUT2D eigenvalue weighted by Gasteiger charge is -2.22. The van der Waals surface area contributed by atoms with Crippen molar-refractivity contribution in [3.8, 4) is 0 Å². The number of unbranched alkanes of at least 4 members (excludes halogenated alkanes) is 3. The van der Waals surface area contributed by atoms with Crippen molar-refractivity contribution in [3.05, 3.63) is 23.3 Å². The van der Waals surface area contributed by atoms with Crippen LogP contribution in [0.4, 0.5) is 0 Å². The second kappa shape index (κ2) is 12.2. The van der Waals surface area contributed by atoms with Crippen LogP contribution in [0.5, 0.6) is 0 Å². The van der Waals surface area contributed by atoms with Gasteiger partial charge in [-0.05, 0) is 53.1 Å². The minimum absolute atomic E-state index is 0.689. The van der Waals surface area contributed by atoms with Crippen molar-refractivity contribution in [1.29, 1.82) is 0 Å². The number of allylic oxidation sites excluding steroid dienone is 3. The topological polar surface area (TPSA) is 18.5 Å². The second-order valence-electron chi connectivity index (χ2n) is 6.49. The van der Waals surface area contributed by atoms with E-state index in [-0.39, 0.29) is 0 Å². The molecule has 0 aliphatic rings. The van der Waals surface area contributed by atoms with Crippen molar-refractivity contribution in [2.24, 2.45) is 0 Å². The molecular formula is C18H36O2Si. The Morgan fingerprint density at radius 2 is 1.67 bits per heavy atom. The molecule has 0 saturated carbocycles. The predicted molar refractivity (Wildman–Crippen MR) is 96.0 cm³/mol. The van der Waals surface area contributed by atoms with E-state index in [9.17, 15) is 0 Å². The van der Waals surface area contributed by atoms with Crippen molar-refractivity contribution < 1.29 is 8.85 Å². The monoisotopic (exact) mass is 312 g/mol. The third-order valence-electron chi connectivity index (χ3n) is 3.40. The van der Waals surface area contributed by atoms with Gasteiger partial charge in [-0.3, -0.25) is 0 Å². The van der Waals surface area contributed by atoms with Gasteiger partial charge in [0, 0.05) is 6.61 Å². The third kappa shape index (κ3) is 14.3. The second-order valence-corrected chi connectivity index (χ2v) is 9.87. The molecule has 0 rings (SSSR count). The van der Waals surface area contributed by atoms with Crippen LogP contribution in [0.25, 0.3) is 0 Å². The molecule has 0 unspecified atom stereocenters. The molecule has 124 valence electrons. The van der Waals surface area contributed by atoms with Gasteiger partial charge in [0.15, 0.2) is 0 Å². The fourth-order valence-electron chi connectivity index (χ4n) is 1.96. The molecule has 2 nitrogen and oxygen atoms in total. The molecule has 0 heterocycles. The molecule has 0 N–H and O–H groups in total. The lowest BCUT2D eigenvalue weighted by atomic mass is 10.1. The Labute approximate surface area is 133 Å². The third-order valence-corrected chi connectivity index (χ3v) is 5.16. The van der Waals surface area contributed by atoms with Gasteiger partial charge in [-0.1, -0.05) is 49.5 Å². The van der Waals surface area contributed by atoms with E-state index in [1.807, 2.05) is 0 Å². The highest BCUT2D eigenvalue weighted by Crippen LogP contribution is 2.11. The van der Waals surface area contributed by atoms with Gasteiger partial charge in [0.1, 0.15) is 0 Å². The summed E-state index contributed by atoms with van der Waals surface area (Å²) >= 11 is 0. The average molecular weight is 313 g/mol. The molecule has 0 aliphatic carbocycles. The van der Waals surface area contributed by atoms with Crippen molar-refractivity contribution in [1.82, 2.24) is 0 Å². The standard InChI is InChI=1S/C18H36O2Si/c1-7-8-9-10-15-19-21(5,6)20-16-14-18(4)13-11-12-17(2)3/h12,14H,7-11,13,15-16H2,1-6H3/b18-14+. The molecule has 0 aromatic rings. The lowest BCUT2D eigenvalue weighted by Crippen LogP contribution is -2.35. The summed E-state index contributed by atoms with van der Waals surface area (Å²) in [6, 6.07) is 0. The summed E-state index contributed by atoms with van der Waals surface area (Å²) in [6.07, 6.45) is 11.7. The van der Waals surface area contributed by atoms with E-state index >= 15 is 0 Å². The Balaban J connectivity index is 3.82. The van der Waals surface area contributed by atoms with Crippen LogP contribution in [0, 0.1) is 0 Å². The van der Waals surface area contributed by atoms with Gasteiger partial charge < -0.3 is 8.85 Å².